The second kappa shape index (κ2) is 6.59. The van der Waals surface area contributed by atoms with Crippen LogP contribution in [0.1, 0.15) is 31.9 Å². The van der Waals surface area contributed by atoms with Crippen LogP contribution in [-0.2, 0) is 6.54 Å². The van der Waals surface area contributed by atoms with Gasteiger partial charge in [0.1, 0.15) is 0 Å². The maximum Gasteiger partial charge on any atom is 0.317 e. The van der Waals surface area contributed by atoms with E-state index in [9.17, 15) is 9.59 Å². The largest absolute Gasteiger partial charge is 0.336 e. The molecule has 26 heavy (non-hydrogen) atoms. The van der Waals surface area contributed by atoms with Gasteiger partial charge in [-0.15, -0.1) is 0 Å². The summed E-state index contributed by atoms with van der Waals surface area (Å²) in [7, 11) is 0. The third kappa shape index (κ3) is 3.00. The monoisotopic (exact) mass is 352 g/mol. The first-order valence-electron chi connectivity index (χ1n) is 9.22. The summed E-state index contributed by atoms with van der Waals surface area (Å²) < 4.78 is 1.92. The number of amides is 2. The molecule has 0 aliphatic carbocycles. The maximum absolute atomic E-state index is 12.5. The molecule has 1 N–H and O–H groups in total. The number of pyridine rings is 2. The van der Waals surface area contributed by atoms with Crippen LogP contribution in [0.2, 0.25) is 0 Å². The average Bonchev–Trinajstić information content (AvgIpc) is 2.62. The number of nitrogens with one attached hydrogen (secondary N) is 1. The number of piperidine rings is 1. The van der Waals surface area contributed by atoms with E-state index in [4.69, 9.17) is 0 Å². The minimum absolute atomic E-state index is 0.00986. The van der Waals surface area contributed by atoms with Crippen LogP contribution in [0.4, 0.5) is 4.79 Å². The molecule has 0 spiro atoms. The molecule has 2 aromatic heterocycles. The zero-order valence-electron chi connectivity index (χ0n) is 15.2. The van der Waals surface area contributed by atoms with Crippen molar-refractivity contribution in [2.75, 3.05) is 13.1 Å². The summed E-state index contributed by atoms with van der Waals surface area (Å²) in [5, 5.41) is 2.99. The fourth-order valence-corrected chi connectivity index (χ4v) is 4.29. The van der Waals surface area contributed by atoms with Crippen LogP contribution in [0.25, 0.3) is 11.1 Å². The highest BCUT2D eigenvalue weighted by atomic mass is 16.2. The van der Waals surface area contributed by atoms with E-state index in [1.165, 1.54) is 0 Å². The lowest BCUT2D eigenvalue weighted by Gasteiger charge is -2.43. The highest BCUT2D eigenvalue weighted by Gasteiger charge is 2.37. The molecular weight excluding hydrogens is 328 g/mol. The molecule has 136 valence electrons. The van der Waals surface area contributed by atoms with Gasteiger partial charge in [-0.25, -0.2) is 4.79 Å². The number of hydrogen-bond acceptors (Lipinski definition) is 3. The molecule has 0 aromatic carbocycles. The minimum atomic E-state index is -0.00986. The Morgan fingerprint density at radius 2 is 2.08 bits per heavy atom. The highest BCUT2D eigenvalue weighted by Crippen LogP contribution is 2.39. The summed E-state index contributed by atoms with van der Waals surface area (Å²) in [6.45, 7) is 5.96. The molecule has 4 heterocycles. The molecule has 4 rings (SSSR count). The zero-order chi connectivity index (χ0) is 18.3. The number of fused-ring (bicyclic) bond motifs is 4. The Morgan fingerprint density at radius 3 is 2.81 bits per heavy atom. The van der Waals surface area contributed by atoms with Crippen molar-refractivity contribution in [2.24, 2.45) is 5.92 Å². The predicted octanol–water partition coefficient (Wildman–Crippen LogP) is 2.45. The molecule has 1 fully saturated rings. The molecule has 2 bridgehead atoms. The van der Waals surface area contributed by atoms with Crippen molar-refractivity contribution in [1.82, 2.24) is 19.8 Å². The normalized spacial score (nSPS) is 21.4. The Labute approximate surface area is 152 Å². The summed E-state index contributed by atoms with van der Waals surface area (Å²) in [4.78, 5) is 31.1. The number of carbonyl (C=O) groups is 1. The van der Waals surface area contributed by atoms with Crippen LogP contribution in [-0.4, -0.2) is 39.6 Å². The molecule has 2 amide bonds. The van der Waals surface area contributed by atoms with Crippen LogP contribution < -0.4 is 10.9 Å². The van der Waals surface area contributed by atoms with Gasteiger partial charge in [0.25, 0.3) is 5.56 Å². The van der Waals surface area contributed by atoms with Crippen LogP contribution >= 0.6 is 0 Å². The van der Waals surface area contributed by atoms with Crippen LogP contribution in [0.15, 0.2) is 41.5 Å². The SMILES string of the molecule is CC(C)NC(=O)N1C[C@H]2C[C@H](C1)c1c(-c3cccnc3)ccc(=O)n1C2. The lowest BCUT2D eigenvalue weighted by molar-refractivity contribution is 0.130. The van der Waals surface area contributed by atoms with Crippen molar-refractivity contribution < 1.29 is 4.79 Å². The molecule has 6 heteroatoms. The summed E-state index contributed by atoms with van der Waals surface area (Å²) in [5.41, 5.74) is 3.15. The number of carbonyl (C=O) groups excluding carboxylic acids is 1. The van der Waals surface area contributed by atoms with Gasteiger partial charge in [0.15, 0.2) is 0 Å². The molecular formula is C20H24N4O2. The van der Waals surface area contributed by atoms with E-state index in [0.29, 0.717) is 25.6 Å². The first kappa shape index (κ1) is 16.8. The van der Waals surface area contributed by atoms with Gasteiger partial charge < -0.3 is 14.8 Å². The van der Waals surface area contributed by atoms with E-state index < -0.39 is 0 Å². The Morgan fingerprint density at radius 1 is 1.23 bits per heavy atom. The van der Waals surface area contributed by atoms with E-state index >= 15 is 0 Å². The average molecular weight is 352 g/mol. The molecule has 2 atom stereocenters. The number of likely N-dealkylation sites (tertiary alicyclic amines) is 1. The number of aromatic nitrogens is 2. The fraction of sp³-hybridized carbons (Fsp3) is 0.450. The summed E-state index contributed by atoms with van der Waals surface area (Å²) >= 11 is 0. The van der Waals surface area contributed by atoms with Crippen LogP contribution in [0.5, 0.6) is 0 Å². The molecule has 0 unspecified atom stereocenters. The van der Waals surface area contributed by atoms with Crippen molar-refractivity contribution in [1.29, 1.82) is 0 Å². The van der Waals surface area contributed by atoms with Gasteiger partial charge in [-0.1, -0.05) is 6.07 Å². The third-order valence-electron chi connectivity index (χ3n) is 5.26. The zero-order valence-corrected chi connectivity index (χ0v) is 15.2. The predicted molar refractivity (Wildman–Crippen MR) is 100 cm³/mol. The Hall–Kier alpha value is -2.63. The second-order valence-electron chi connectivity index (χ2n) is 7.63. The number of urea groups is 1. The maximum atomic E-state index is 12.5. The number of hydrogen-bond donors (Lipinski definition) is 1. The van der Waals surface area contributed by atoms with Gasteiger partial charge in [-0.2, -0.15) is 0 Å². The van der Waals surface area contributed by atoms with Gasteiger partial charge in [0, 0.05) is 66.9 Å². The first-order valence-corrected chi connectivity index (χ1v) is 9.22. The van der Waals surface area contributed by atoms with Crippen LogP contribution in [0, 0.1) is 5.92 Å². The lowest BCUT2D eigenvalue weighted by Crippen LogP contribution is -2.53. The minimum Gasteiger partial charge on any atom is -0.336 e. The van der Waals surface area contributed by atoms with E-state index in [1.807, 2.05) is 47.7 Å². The van der Waals surface area contributed by atoms with Gasteiger partial charge in [-0.3, -0.25) is 9.78 Å². The Kier molecular flexibility index (Phi) is 4.26. The topological polar surface area (TPSA) is 67.2 Å². The van der Waals surface area contributed by atoms with E-state index in [2.05, 4.69) is 10.3 Å². The van der Waals surface area contributed by atoms with Gasteiger partial charge in [-0.05, 0) is 38.3 Å². The molecule has 1 saturated heterocycles. The highest BCUT2D eigenvalue weighted by molar-refractivity contribution is 5.75. The number of nitrogens with zero attached hydrogens (tertiary/aromatic N) is 3. The number of rotatable bonds is 2. The molecule has 6 nitrogen and oxygen atoms in total. The van der Waals surface area contributed by atoms with Crippen molar-refractivity contribution in [3.05, 3.63) is 52.7 Å². The fourth-order valence-electron chi connectivity index (χ4n) is 4.29. The van der Waals surface area contributed by atoms with Gasteiger partial charge in [0.05, 0.1) is 0 Å². The van der Waals surface area contributed by atoms with Crippen molar-refractivity contribution in [3.8, 4) is 11.1 Å². The first-order chi connectivity index (χ1) is 12.5. The third-order valence-corrected chi connectivity index (χ3v) is 5.26. The van der Waals surface area contributed by atoms with Crippen molar-refractivity contribution in [3.63, 3.8) is 0 Å². The molecule has 0 radical (unpaired) electrons. The van der Waals surface area contributed by atoms with Crippen molar-refractivity contribution >= 4 is 6.03 Å². The van der Waals surface area contributed by atoms with Crippen LogP contribution in [0.3, 0.4) is 0 Å². The smallest absolute Gasteiger partial charge is 0.317 e. The van der Waals surface area contributed by atoms with Gasteiger partial charge >= 0.3 is 6.03 Å². The molecule has 0 saturated carbocycles. The molecule has 2 aromatic rings. The van der Waals surface area contributed by atoms with Crippen molar-refractivity contribution in [2.45, 2.75) is 38.8 Å². The van der Waals surface area contributed by atoms with E-state index in [0.717, 1.165) is 23.2 Å². The van der Waals surface area contributed by atoms with Gasteiger partial charge in [0.2, 0.25) is 0 Å². The van der Waals surface area contributed by atoms with E-state index in [-0.39, 0.29) is 23.6 Å². The van der Waals surface area contributed by atoms with E-state index in [1.54, 1.807) is 12.3 Å². The Balaban J connectivity index is 1.73. The second-order valence-corrected chi connectivity index (χ2v) is 7.63. The Bertz CT molecular complexity index is 875. The lowest BCUT2D eigenvalue weighted by atomic mass is 9.81. The summed E-state index contributed by atoms with van der Waals surface area (Å²) in [6.07, 6.45) is 4.60. The summed E-state index contributed by atoms with van der Waals surface area (Å²) in [6, 6.07) is 7.59. The summed E-state index contributed by atoms with van der Waals surface area (Å²) in [5.74, 6) is 0.491. The molecule has 2 aliphatic rings. The quantitative estimate of drug-likeness (QED) is 0.903. The standard InChI is InChI=1S/C20H24N4O2/c1-13(2)22-20(26)23-10-14-8-16(12-23)19-17(15-4-3-7-21-9-15)5-6-18(25)24(19)11-14/h3-7,9,13-14,16H,8,10-12H2,1-2H3,(H,22,26)/t14-,16-/m1/s1. The molecule has 2 aliphatic heterocycles.